The van der Waals surface area contributed by atoms with Crippen LogP contribution in [0.25, 0.3) is 0 Å². The van der Waals surface area contributed by atoms with E-state index in [2.05, 4.69) is 45.0 Å². The first-order valence-corrected chi connectivity index (χ1v) is 7.20. The van der Waals surface area contributed by atoms with E-state index in [1.165, 1.54) is 10.5 Å². The summed E-state index contributed by atoms with van der Waals surface area (Å²) in [5.41, 5.74) is 1.56. The molecule has 96 valence electrons. The zero-order valence-corrected chi connectivity index (χ0v) is 12.3. The number of benzene rings is 1. The molecule has 0 aliphatic rings. The van der Waals surface area contributed by atoms with E-state index < -0.39 is 0 Å². The van der Waals surface area contributed by atoms with E-state index in [9.17, 15) is 5.11 Å². The Labute approximate surface area is 110 Å². The zero-order valence-electron chi connectivity index (χ0n) is 11.5. The molecule has 1 unspecified atom stereocenters. The van der Waals surface area contributed by atoms with Crippen LogP contribution < -0.4 is 0 Å². The maximum Gasteiger partial charge on any atom is 0.0656 e. The topological polar surface area (TPSA) is 20.2 Å². The van der Waals surface area contributed by atoms with Crippen molar-refractivity contribution in [2.24, 2.45) is 5.92 Å². The van der Waals surface area contributed by atoms with Gasteiger partial charge in [0.25, 0.3) is 0 Å². The van der Waals surface area contributed by atoms with Gasteiger partial charge in [-0.25, -0.2) is 0 Å². The monoisotopic (exact) mass is 252 g/mol. The fourth-order valence-electron chi connectivity index (χ4n) is 1.43. The number of aliphatic hydroxyl groups is 1. The van der Waals surface area contributed by atoms with Gasteiger partial charge in [0.05, 0.1) is 6.10 Å². The number of hydrogen-bond acceptors (Lipinski definition) is 2. The molecule has 0 fully saturated rings. The van der Waals surface area contributed by atoms with Crippen LogP contribution in [0.3, 0.4) is 0 Å². The van der Waals surface area contributed by atoms with Crippen molar-refractivity contribution in [2.45, 2.75) is 51.0 Å². The predicted molar refractivity (Wildman–Crippen MR) is 76.7 cm³/mol. The molecule has 0 aliphatic carbocycles. The summed E-state index contributed by atoms with van der Waals surface area (Å²) in [6, 6.07) is 8.67. The highest BCUT2D eigenvalue weighted by molar-refractivity contribution is 7.99. The Morgan fingerprint density at radius 3 is 2.06 bits per heavy atom. The Hall–Kier alpha value is -0.470. The van der Waals surface area contributed by atoms with E-state index in [1.807, 2.05) is 13.8 Å². The third kappa shape index (κ3) is 4.72. The zero-order chi connectivity index (χ0) is 13.1. The van der Waals surface area contributed by atoms with Crippen molar-refractivity contribution in [2.75, 3.05) is 5.75 Å². The molecule has 1 atom stereocenters. The van der Waals surface area contributed by atoms with Crippen LogP contribution >= 0.6 is 11.8 Å². The Kier molecular flexibility index (Phi) is 5.08. The molecule has 1 nitrogen and oxygen atoms in total. The number of hydrogen-bond donors (Lipinski definition) is 1. The molecule has 0 spiro atoms. The average molecular weight is 252 g/mol. The van der Waals surface area contributed by atoms with Crippen molar-refractivity contribution >= 4 is 11.8 Å². The molecule has 0 aliphatic heterocycles. The molecule has 0 saturated carbocycles. The Morgan fingerprint density at radius 2 is 1.65 bits per heavy atom. The predicted octanol–water partition coefficient (Wildman–Crippen LogP) is 4.09. The van der Waals surface area contributed by atoms with E-state index in [-0.39, 0.29) is 11.5 Å². The summed E-state index contributed by atoms with van der Waals surface area (Å²) in [4.78, 5) is 1.23. The van der Waals surface area contributed by atoms with Crippen LogP contribution in [0.5, 0.6) is 0 Å². The van der Waals surface area contributed by atoms with Crippen molar-refractivity contribution in [1.29, 1.82) is 0 Å². The molecule has 0 aromatic heterocycles. The van der Waals surface area contributed by atoms with Crippen molar-refractivity contribution in [3.05, 3.63) is 29.8 Å². The second-order valence-electron chi connectivity index (χ2n) is 5.90. The van der Waals surface area contributed by atoms with E-state index in [1.54, 1.807) is 11.8 Å². The first-order chi connectivity index (χ1) is 7.80. The van der Waals surface area contributed by atoms with Crippen LogP contribution in [-0.4, -0.2) is 17.0 Å². The standard InChI is InChI=1S/C15H24OS/c1-11(2)14(16)10-17-13-8-6-12(7-9-13)15(3,4)5/h6-9,11,14,16H,10H2,1-5H3. The third-order valence-electron chi connectivity index (χ3n) is 2.91. The minimum Gasteiger partial charge on any atom is -0.392 e. The molecular weight excluding hydrogens is 228 g/mol. The van der Waals surface area contributed by atoms with Crippen molar-refractivity contribution in [3.63, 3.8) is 0 Å². The molecule has 1 N–H and O–H groups in total. The van der Waals surface area contributed by atoms with E-state index >= 15 is 0 Å². The van der Waals surface area contributed by atoms with Gasteiger partial charge in [0.1, 0.15) is 0 Å². The fraction of sp³-hybridized carbons (Fsp3) is 0.600. The summed E-state index contributed by atoms with van der Waals surface area (Å²) in [5.74, 6) is 1.10. The van der Waals surface area contributed by atoms with Gasteiger partial charge >= 0.3 is 0 Å². The minimum atomic E-state index is -0.220. The summed E-state index contributed by atoms with van der Waals surface area (Å²) in [6.45, 7) is 10.8. The number of aliphatic hydroxyl groups excluding tert-OH is 1. The van der Waals surface area contributed by atoms with Gasteiger partial charge in [0.15, 0.2) is 0 Å². The Morgan fingerprint density at radius 1 is 1.12 bits per heavy atom. The third-order valence-corrected chi connectivity index (χ3v) is 4.02. The van der Waals surface area contributed by atoms with Gasteiger partial charge in [-0.05, 0) is 29.0 Å². The van der Waals surface area contributed by atoms with Crippen molar-refractivity contribution < 1.29 is 5.11 Å². The molecule has 0 radical (unpaired) electrons. The van der Waals surface area contributed by atoms with Crippen molar-refractivity contribution in [1.82, 2.24) is 0 Å². The molecule has 17 heavy (non-hydrogen) atoms. The Balaban J connectivity index is 2.57. The molecule has 0 heterocycles. The largest absolute Gasteiger partial charge is 0.392 e. The highest BCUT2D eigenvalue weighted by Crippen LogP contribution is 2.26. The van der Waals surface area contributed by atoms with E-state index in [0.717, 1.165) is 5.75 Å². The lowest BCUT2D eigenvalue weighted by Crippen LogP contribution is -2.17. The van der Waals surface area contributed by atoms with Crippen LogP contribution in [0.4, 0.5) is 0 Å². The maximum atomic E-state index is 9.75. The normalized spacial score (nSPS) is 14.1. The molecule has 2 heteroatoms. The van der Waals surface area contributed by atoms with Gasteiger partial charge in [-0.2, -0.15) is 0 Å². The smallest absolute Gasteiger partial charge is 0.0656 e. The van der Waals surface area contributed by atoms with Crippen LogP contribution in [0.1, 0.15) is 40.2 Å². The summed E-state index contributed by atoms with van der Waals surface area (Å²) < 4.78 is 0. The first-order valence-electron chi connectivity index (χ1n) is 6.22. The Bertz CT molecular complexity index is 335. The number of rotatable bonds is 4. The van der Waals surface area contributed by atoms with Crippen LogP contribution in [0.2, 0.25) is 0 Å². The fourth-order valence-corrected chi connectivity index (χ4v) is 2.50. The lowest BCUT2D eigenvalue weighted by Gasteiger charge is -2.19. The first kappa shape index (κ1) is 14.6. The van der Waals surface area contributed by atoms with Crippen LogP contribution in [-0.2, 0) is 5.41 Å². The van der Waals surface area contributed by atoms with Gasteiger partial charge in [-0.15, -0.1) is 11.8 Å². The van der Waals surface area contributed by atoms with Crippen LogP contribution in [0, 0.1) is 5.92 Å². The van der Waals surface area contributed by atoms with E-state index in [0.29, 0.717) is 5.92 Å². The molecule has 1 aromatic rings. The summed E-state index contributed by atoms with van der Waals surface area (Å²) in [6.07, 6.45) is -0.220. The highest BCUT2D eigenvalue weighted by Gasteiger charge is 2.13. The molecule has 0 bridgehead atoms. The molecule has 1 rings (SSSR count). The van der Waals surface area contributed by atoms with Gasteiger partial charge in [0, 0.05) is 10.6 Å². The summed E-state index contributed by atoms with van der Waals surface area (Å²) in [7, 11) is 0. The number of thioether (sulfide) groups is 1. The van der Waals surface area contributed by atoms with Gasteiger partial charge < -0.3 is 5.11 Å². The summed E-state index contributed by atoms with van der Waals surface area (Å²) in [5, 5.41) is 9.75. The molecule has 0 saturated heterocycles. The van der Waals surface area contributed by atoms with Gasteiger partial charge in [-0.3, -0.25) is 0 Å². The second-order valence-corrected chi connectivity index (χ2v) is 6.99. The molecule has 0 amide bonds. The minimum absolute atomic E-state index is 0.209. The lowest BCUT2D eigenvalue weighted by molar-refractivity contribution is 0.149. The van der Waals surface area contributed by atoms with Gasteiger partial charge in [-0.1, -0.05) is 46.8 Å². The van der Waals surface area contributed by atoms with E-state index in [4.69, 9.17) is 0 Å². The molecular formula is C15H24OS. The SMILES string of the molecule is CC(C)C(O)CSc1ccc(C(C)(C)C)cc1. The molecule has 1 aromatic carbocycles. The lowest BCUT2D eigenvalue weighted by atomic mass is 9.87. The quantitative estimate of drug-likeness (QED) is 0.814. The van der Waals surface area contributed by atoms with Gasteiger partial charge in [0.2, 0.25) is 0 Å². The van der Waals surface area contributed by atoms with Crippen molar-refractivity contribution in [3.8, 4) is 0 Å². The van der Waals surface area contributed by atoms with Crippen LogP contribution in [0.15, 0.2) is 29.2 Å². The highest BCUT2D eigenvalue weighted by atomic mass is 32.2. The average Bonchev–Trinajstić information content (AvgIpc) is 2.25. The summed E-state index contributed by atoms with van der Waals surface area (Å²) >= 11 is 1.73. The second kappa shape index (κ2) is 5.92. The maximum absolute atomic E-state index is 9.75.